The monoisotopic (exact) mass is 217 g/mol. The quantitative estimate of drug-likeness (QED) is 0.723. The van der Waals surface area contributed by atoms with E-state index in [1.54, 1.807) is 0 Å². The van der Waals surface area contributed by atoms with Gasteiger partial charge in [0.2, 0.25) is 0 Å². The molecule has 15 heavy (non-hydrogen) atoms. The summed E-state index contributed by atoms with van der Waals surface area (Å²) in [5, 5.41) is 0. The molecule has 5 heteroatoms. The van der Waals surface area contributed by atoms with Crippen molar-refractivity contribution in [2.24, 2.45) is 5.73 Å². The number of benzene rings is 1. The first-order chi connectivity index (χ1) is 6.98. The SMILES string of the molecule is NC1COCc2ccc(C(F)(F)F)cc21. The molecule has 0 radical (unpaired) electrons. The fraction of sp³-hybridized carbons (Fsp3) is 0.400. The van der Waals surface area contributed by atoms with Crippen molar-refractivity contribution in [2.75, 3.05) is 6.61 Å². The van der Waals surface area contributed by atoms with Gasteiger partial charge in [-0.1, -0.05) is 6.07 Å². The van der Waals surface area contributed by atoms with Crippen molar-refractivity contribution in [3.05, 3.63) is 34.9 Å². The van der Waals surface area contributed by atoms with E-state index >= 15 is 0 Å². The molecule has 1 aromatic rings. The maximum absolute atomic E-state index is 12.4. The average Bonchev–Trinajstić information content (AvgIpc) is 2.16. The zero-order valence-corrected chi connectivity index (χ0v) is 7.84. The Kier molecular flexibility index (Phi) is 2.44. The fourth-order valence-electron chi connectivity index (χ4n) is 1.63. The average molecular weight is 217 g/mol. The maximum Gasteiger partial charge on any atom is 0.416 e. The van der Waals surface area contributed by atoms with Crippen LogP contribution in [0.1, 0.15) is 22.7 Å². The van der Waals surface area contributed by atoms with Gasteiger partial charge in [-0.2, -0.15) is 13.2 Å². The smallest absolute Gasteiger partial charge is 0.375 e. The third-order valence-corrected chi connectivity index (χ3v) is 2.43. The molecule has 0 bridgehead atoms. The summed E-state index contributed by atoms with van der Waals surface area (Å²) < 4.78 is 42.4. The van der Waals surface area contributed by atoms with E-state index in [9.17, 15) is 13.2 Å². The summed E-state index contributed by atoms with van der Waals surface area (Å²) in [5.41, 5.74) is 6.29. The molecule has 0 saturated carbocycles. The number of fused-ring (bicyclic) bond motifs is 1. The van der Waals surface area contributed by atoms with Gasteiger partial charge >= 0.3 is 6.18 Å². The van der Waals surface area contributed by atoms with Crippen LogP contribution in [0.2, 0.25) is 0 Å². The molecule has 1 aromatic carbocycles. The minimum Gasteiger partial charge on any atom is -0.375 e. The van der Waals surface area contributed by atoms with Crippen LogP contribution in [0.5, 0.6) is 0 Å². The van der Waals surface area contributed by atoms with Crippen molar-refractivity contribution in [1.29, 1.82) is 0 Å². The Bertz CT molecular complexity index is 375. The maximum atomic E-state index is 12.4. The van der Waals surface area contributed by atoms with E-state index in [0.717, 1.165) is 17.7 Å². The standard InChI is InChI=1S/C10H10F3NO/c11-10(12,13)7-2-1-6-4-15-5-9(14)8(6)3-7/h1-3,9H,4-5,14H2. The first-order valence-electron chi connectivity index (χ1n) is 4.52. The van der Waals surface area contributed by atoms with Crippen LogP contribution in [-0.4, -0.2) is 6.61 Å². The molecule has 2 N–H and O–H groups in total. The van der Waals surface area contributed by atoms with Gasteiger partial charge in [0, 0.05) is 0 Å². The van der Waals surface area contributed by atoms with Crippen LogP contribution in [0.4, 0.5) is 13.2 Å². The topological polar surface area (TPSA) is 35.2 Å². The fourth-order valence-corrected chi connectivity index (χ4v) is 1.63. The Labute approximate surface area is 84.8 Å². The highest BCUT2D eigenvalue weighted by atomic mass is 19.4. The van der Waals surface area contributed by atoms with E-state index in [0.29, 0.717) is 12.2 Å². The van der Waals surface area contributed by atoms with Crippen LogP contribution in [-0.2, 0) is 17.5 Å². The second kappa shape index (κ2) is 3.50. The molecule has 1 heterocycles. The van der Waals surface area contributed by atoms with E-state index in [2.05, 4.69) is 0 Å². The van der Waals surface area contributed by atoms with Gasteiger partial charge in [0.1, 0.15) is 0 Å². The first-order valence-corrected chi connectivity index (χ1v) is 4.52. The summed E-state index contributed by atoms with van der Waals surface area (Å²) in [6.45, 7) is 0.607. The predicted octanol–water partition coefficient (Wildman–Crippen LogP) is 2.24. The van der Waals surface area contributed by atoms with E-state index in [-0.39, 0.29) is 6.61 Å². The zero-order valence-electron chi connectivity index (χ0n) is 7.84. The third kappa shape index (κ3) is 1.98. The number of halogens is 3. The summed E-state index contributed by atoms with van der Waals surface area (Å²) in [6.07, 6.45) is -4.31. The van der Waals surface area contributed by atoms with Crippen molar-refractivity contribution in [3.8, 4) is 0 Å². The van der Waals surface area contributed by atoms with Crippen molar-refractivity contribution >= 4 is 0 Å². The summed E-state index contributed by atoms with van der Waals surface area (Å²) in [5.74, 6) is 0. The van der Waals surface area contributed by atoms with Crippen LogP contribution in [0.25, 0.3) is 0 Å². The Morgan fingerprint density at radius 3 is 2.73 bits per heavy atom. The molecule has 1 unspecified atom stereocenters. The molecular formula is C10H10F3NO. The number of nitrogens with two attached hydrogens (primary N) is 1. The minimum atomic E-state index is -4.31. The number of ether oxygens (including phenoxy) is 1. The second-order valence-corrected chi connectivity index (χ2v) is 3.53. The molecule has 82 valence electrons. The Morgan fingerprint density at radius 1 is 1.33 bits per heavy atom. The summed E-state index contributed by atoms with van der Waals surface area (Å²) in [4.78, 5) is 0. The predicted molar refractivity (Wildman–Crippen MR) is 48.0 cm³/mol. The van der Waals surface area contributed by atoms with Gasteiger partial charge in [0.15, 0.2) is 0 Å². The zero-order chi connectivity index (χ0) is 11.1. The first kappa shape index (κ1) is 10.4. The summed E-state index contributed by atoms with van der Waals surface area (Å²) in [7, 11) is 0. The van der Waals surface area contributed by atoms with Crippen molar-refractivity contribution in [2.45, 2.75) is 18.8 Å². The van der Waals surface area contributed by atoms with Crippen LogP contribution in [0, 0.1) is 0 Å². The lowest BCUT2D eigenvalue weighted by molar-refractivity contribution is -0.137. The van der Waals surface area contributed by atoms with Gasteiger partial charge in [-0.05, 0) is 23.3 Å². The van der Waals surface area contributed by atoms with E-state index in [1.807, 2.05) is 0 Å². The number of rotatable bonds is 0. The summed E-state index contributed by atoms with van der Waals surface area (Å²) >= 11 is 0. The number of alkyl halides is 3. The second-order valence-electron chi connectivity index (χ2n) is 3.53. The van der Waals surface area contributed by atoms with Gasteiger partial charge in [-0.3, -0.25) is 0 Å². The van der Waals surface area contributed by atoms with Crippen molar-refractivity contribution < 1.29 is 17.9 Å². The number of hydrogen-bond donors (Lipinski definition) is 1. The molecular weight excluding hydrogens is 207 g/mol. The molecule has 1 aliphatic heterocycles. The molecule has 0 aliphatic carbocycles. The van der Waals surface area contributed by atoms with Gasteiger partial charge in [0.05, 0.1) is 24.8 Å². The van der Waals surface area contributed by atoms with Crippen molar-refractivity contribution in [3.63, 3.8) is 0 Å². The highest BCUT2D eigenvalue weighted by Gasteiger charge is 2.32. The normalized spacial score (nSPS) is 21.2. The van der Waals surface area contributed by atoms with Crippen LogP contribution in [0.3, 0.4) is 0 Å². The van der Waals surface area contributed by atoms with Gasteiger partial charge < -0.3 is 10.5 Å². The molecule has 1 atom stereocenters. The Morgan fingerprint density at radius 2 is 2.07 bits per heavy atom. The third-order valence-electron chi connectivity index (χ3n) is 2.43. The van der Waals surface area contributed by atoms with Crippen molar-refractivity contribution in [1.82, 2.24) is 0 Å². The lowest BCUT2D eigenvalue weighted by Gasteiger charge is -2.23. The van der Waals surface area contributed by atoms with Crippen LogP contribution in [0.15, 0.2) is 18.2 Å². The van der Waals surface area contributed by atoms with Crippen LogP contribution >= 0.6 is 0 Å². The highest BCUT2D eigenvalue weighted by molar-refractivity contribution is 5.36. The Hall–Kier alpha value is -1.07. The van der Waals surface area contributed by atoms with E-state index in [4.69, 9.17) is 10.5 Å². The molecule has 0 fully saturated rings. The van der Waals surface area contributed by atoms with E-state index in [1.165, 1.54) is 6.07 Å². The largest absolute Gasteiger partial charge is 0.416 e. The van der Waals surface area contributed by atoms with Gasteiger partial charge in [-0.25, -0.2) is 0 Å². The van der Waals surface area contributed by atoms with E-state index < -0.39 is 17.8 Å². The molecule has 0 saturated heterocycles. The highest BCUT2D eigenvalue weighted by Crippen LogP contribution is 2.33. The molecule has 1 aliphatic rings. The lowest BCUT2D eigenvalue weighted by Crippen LogP contribution is -2.24. The van der Waals surface area contributed by atoms with Gasteiger partial charge in [0.25, 0.3) is 0 Å². The Balaban J connectivity index is 2.44. The minimum absolute atomic E-state index is 0.272. The summed E-state index contributed by atoms with van der Waals surface area (Å²) in [6, 6.07) is 3.14. The molecule has 0 amide bonds. The molecule has 2 rings (SSSR count). The lowest BCUT2D eigenvalue weighted by atomic mass is 9.97. The number of hydrogen-bond acceptors (Lipinski definition) is 2. The molecule has 2 nitrogen and oxygen atoms in total. The van der Waals surface area contributed by atoms with Crippen LogP contribution < -0.4 is 5.73 Å². The van der Waals surface area contributed by atoms with Gasteiger partial charge in [-0.15, -0.1) is 0 Å². The molecule has 0 aromatic heterocycles. The molecule has 0 spiro atoms.